The van der Waals surface area contributed by atoms with E-state index >= 15 is 0 Å². The van der Waals surface area contributed by atoms with Crippen LogP contribution in [0.5, 0.6) is 5.75 Å². The Morgan fingerprint density at radius 2 is 1.81 bits per heavy atom. The molecule has 0 unspecified atom stereocenters. The first kappa shape index (κ1) is 20.6. The van der Waals surface area contributed by atoms with Crippen LogP contribution < -0.4 is 16.0 Å². The molecular weight excluding hydrogens is 396 g/mol. The highest BCUT2D eigenvalue weighted by Gasteiger charge is 2.18. The second kappa shape index (κ2) is 8.63. The molecule has 9 heteroatoms. The monoisotopic (exact) mass is 422 g/mol. The van der Waals surface area contributed by atoms with E-state index in [4.69, 9.17) is 4.74 Å². The predicted molar refractivity (Wildman–Crippen MR) is 119 cm³/mol. The maximum absolute atomic E-state index is 12.9. The van der Waals surface area contributed by atoms with Crippen molar-refractivity contribution >= 4 is 11.2 Å². The molecule has 31 heavy (non-hydrogen) atoms. The third kappa shape index (κ3) is 3.78. The first-order valence-electron chi connectivity index (χ1n) is 10.4. The van der Waals surface area contributed by atoms with E-state index in [1.807, 2.05) is 44.3 Å². The number of methoxy groups -OCH3 is 1. The Bertz CT molecular complexity index is 1330. The van der Waals surface area contributed by atoms with Crippen LogP contribution in [0.15, 0.2) is 46.2 Å². The van der Waals surface area contributed by atoms with Crippen LogP contribution in [0.25, 0.3) is 22.6 Å². The number of nitrogens with one attached hydrogen (secondary N) is 1. The van der Waals surface area contributed by atoms with E-state index in [2.05, 4.69) is 15.1 Å². The molecule has 0 aliphatic heterocycles. The Morgan fingerprint density at radius 1 is 1.06 bits per heavy atom. The SMILES string of the molecule is CCCn1c(=O)c2[nH]c(-c3cnn(Cc4ccccc4OC)c3)nc2n(CCC)c1=O. The highest BCUT2D eigenvalue weighted by Crippen LogP contribution is 2.21. The first-order valence-corrected chi connectivity index (χ1v) is 10.4. The number of hydrogen-bond donors (Lipinski definition) is 1. The average molecular weight is 422 g/mol. The van der Waals surface area contributed by atoms with Crippen LogP contribution in [-0.2, 0) is 19.6 Å². The smallest absolute Gasteiger partial charge is 0.332 e. The predicted octanol–water partition coefficient (Wildman–Crippen LogP) is 2.63. The van der Waals surface area contributed by atoms with Gasteiger partial charge in [0, 0.05) is 24.8 Å². The Labute approximate surface area is 178 Å². The fraction of sp³-hybridized carbons (Fsp3) is 0.364. The molecule has 9 nitrogen and oxygen atoms in total. The lowest BCUT2D eigenvalue weighted by Crippen LogP contribution is -2.40. The molecule has 0 bridgehead atoms. The Hall–Kier alpha value is -3.62. The van der Waals surface area contributed by atoms with E-state index in [0.29, 0.717) is 43.0 Å². The van der Waals surface area contributed by atoms with E-state index in [1.54, 1.807) is 22.6 Å². The minimum absolute atomic E-state index is 0.314. The molecule has 0 saturated heterocycles. The van der Waals surface area contributed by atoms with Gasteiger partial charge in [-0.2, -0.15) is 5.10 Å². The normalized spacial score (nSPS) is 11.3. The van der Waals surface area contributed by atoms with Crippen molar-refractivity contribution in [3.05, 3.63) is 63.1 Å². The number of para-hydroxylation sites is 1. The molecule has 0 spiro atoms. The lowest BCUT2D eigenvalue weighted by molar-refractivity contribution is 0.407. The lowest BCUT2D eigenvalue weighted by atomic mass is 10.2. The van der Waals surface area contributed by atoms with Gasteiger partial charge < -0.3 is 9.72 Å². The van der Waals surface area contributed by atoms with Gasteiger partial charge >= 0.3 is 5.69 Å². The van der Waals surface area contributed by atoms with Crippen molar-refractivity contribution in [3.8, 4) is 17.1 Å². The zero-order valence-corrected chi connectivity index (χ0v) is 18.0. The third-order valence-electron chi connectivity index (χ3n) is 5.19. The molecule has 162 valence electrons. The Kier molecular flexibility index (Phi) is 5.75. The Morgan fingerprint density at radius 3 is 2.55 bits per heavy atom. The summed E-state index contributed by atoms with van der Waals surface area (Å²) in [5, 5.41) is 4.43. The topological polar surface area (TPSA) is 99.7 Å². The third-order valence-corrected chi connectivity index (χ3v) is 5.19. The molecule has 0 amide bonds. The maximum Gasteiger partial charge on any atom is 0.332 e. The molecular formula is C22H26N6O3. The number of H-pyrrole nitrogens is 1. The molecule has 0 atom stereocenters. The molecule has 1 N–H and O–H groups in total. The van der Waals surface area contributed by atoms with Crippen molar-refractivity contribution < 1.29 is 4.74 Å². The fourth-order valence-electron chi connectivity index (χ4n) is 3.73. The fourth-order valence-corrected chi connectivity index (χ4v) is 3.73. The minimum atomic E-state index is -0.339. The number of hydrogen-bond acceptors (Lipinski definition) is 5. The van der Waals surface area contributed by atoms with Crippen LogP contribution in [0.1, 0.15) is 32.3 Å². The van der Waals surface area contributed by atoms with Gasteiger partial charge in [-0.15, -0.1) is 0 Å². The molecule has 3 aromatic heterocycles. The summed E-state index contributed by atoms with van der Waals surface area (Å²) in [5.41, 5.74) is 1.82. The van der Waals surface area contributed by atoms with Gasteiger partial charge in [-0.25, -0.2) is 9.78 Å². The molecule has 0 aliphatic rings. The number of nitrogens with zero attached hydrogens (tertiary/aromatic N) is 5. The first-order chi connectivity index (χ1) is 15.1. The van der Waals surface area contributed by atoms with Crippen LogP contribution >= 0.6 is 0 Å². The van der Waals surface area contributed by atoms with Crippen LogP contribution in [0, 0.1) is 0 Å². The van der Waals surface area contributed by atoms with Gasteiger partial charge in [0.05, 0.1) is 25.4 Å². The lowest BCUT2D eigenvalue weighted by Gasteiger charge is -2.09. The van der Waals surface area contributed by atoms with E-state index < -0.39 is 0 Å². The van der Waals surface area contributed by atoms with E-state index in [9.17, 15) is 9.59 Å². The van der Waals surface area contributed by atoms with Crippen molar-refractivity contribution in [3.63, 3.8) is 0 Å². The molecule has 4 aromatic rings. The van der Waals surface area contributed by atoms with Crippen molar-refractivity contribution in [2.75, 3.05) is 7.11 Å². The quantitative estimate of drug-likeness (QED) is 0.471. The molecule has 0 saturated carbocycles. The van der Waals surface area contributed by atoms with Crippen LogP contribution in [-0.4, -0.2) is 36.0 Å². The summed E-state index contributed by atoms with van der Waals surface area (Å²) in [6, 6.07) is 7.77. The van der Waals surface area contributed by atoms with Gasteiger partial charge in [-0.05, 0) is 18.9 Å². The maximum atomic E-state index is 12.9. The van der Waals surface area contributed by atoms with Gasteiger partial charge in [-0.3, -0.25) is 18.6 Å². The standard InChI is InChI=1S/C22H26N6O3/c1-4-10-27-20-18(21(29)28(11-5-2)22(27)30)24-19(25-20)16-12-23-26(14-16)13-15-8-6-7-9-17(15)31-3/h6-9,12,14H,4-5,10-11,13H2,1-3H3,(H,24,25). The summed E-state index contributed by atoms with van der Waals surface area (Å²) in [6.45, 7) is 5.34. The summed E-state index contributed by atoms with van der Waals surface area (Å²) in [7, 11) is 1.64. The number of imidazole rings is 1. The summed E-state index contributed by atoms with van der Waals surface area (Å²) in [5.74, 6) is 1.31. The van der Waals surface area contributed by atoms with Crippen molar-refractivity contribution in [2.24, 2.45) is 0 Å². The van der Waals surface area contributed by atoms with Gasteiger partial charge in [0.15, 0.2) is 5.65 Å². The van der Waals surface area contributed by atoms with Gasteiger partial charge in [0.2, 0.25) is 0 Å². The Balaban J connectivity index is 1.76. The summed E-state index contributed by atoms with van der Waals surface area (Å²) in [4.78, 5) is 33.5. The number of ether oxygens (including phenoxy) is 1. The van der Waals surface area contributed by atoms with Crippen molar-refractivity contribution in [2.45, 2.75) is 46.3 Å². The molecule has 0 fully saturated rings. The molecule has 3 heterocycles. The van der Waals surface area contributed by atoms with E-state index in [1.165, 1.54) is 4.57 Å². The van der Waals surface area contributed by atoms with Gasteiger partial charge in [0.1, 0.15) is 17.1 Å². The molecule has 4 rings (SSSR count). The summed E-state index contributed by atoms with van der Waals surface area (Å²) in [6.07, 6.45) is 5.01. The van der Waals surface area contributed by atoms with Crippen LogP contribution in [0.2, 0.25) is 0 Å². The number of fused-ring (bicyclic) bond motifs is 1. The highest BCUT2D eigenvalue weighted by atomic mass is 16.5. The van der Waals surface area contributed by atoms with Gasteiger partial charge in [0.25, 0.3) is 5.56 Å². The number of aryl methyl sites for hydroxylation is 1. The molecule has 0 aliphatic carbocycles. The molecule has 0 radical (unpaired) electrons. The number of rotatable bonds is 8. The summed E-state index contributed by atoms with van der Waals surface area (Å²) < 4.78 is 10.1. The van der Waals surface area contributed by atoms with E-state index in [0.717, 1.165) is 23.3 Å². The second-order valence-corrected chi connectivity index (χ2v) is 7.41. The zero-order valence-electron chi connectivity index (χ0n) is 18.0. The van der Waals surface area contributed by atoms with Crippen LogP contribution in [0.3, 0.4) is 0 Å². The van der Waals surface area contributed by atoms with Crippen molar-refractivity contribution in [1.82, 2.24) is 28.9 Å². The number of benzene rings is 1. The molecule has 1 aromatic carbocycles. The van der Waals surface area contributed by atoms with E-state index in [-0.39, 0.29) is 11.2 Å². The van der Waals surface area contributed by atoms with Crippen molar-refractivity contribution in [1.29, 1.82) is 0 Å². The average Bonchev–Trinajstić information content (AvgIpc) is 3.42. The minimum Gasteiger partial charge on any atom is -0.496 e. The number of aromatic amines is 1. The van der Waals surface area contributed by atoms with Crippen LogP contribution in [0.4, 0.5) is 0 Å². The van der Waals surface area contributed by atoms with Gasteiger partial charge in [-0.1, -0.05) is 32.0 Å². The zero-order chi connectivity index (χ0) is 22.0. The largest absolute Gasteiger partial charge is 0.496 e. The highest BCUT2D eigenvalue weighted by molar-refractivity contribution is 5.75. The summed E-state index contributed by atoms with van der Waals surface area (Å²) >= 11 is 0. The number of aromatic nitrogens is 6. The second-order valence-electron chi connectivity index (χ2n) is 7.41.